The van der Waals surface area contributed by atoms with Gasteiger partial charge in [-0.05, 0) is 47.7 Å². The van der Waals surface area contributed by atoms with E-state index in [-0.39, 0.29) is 17.4 Å². The summed E-state index contributed by atoms with van der Waals surface area (Å²) in [5.74, 6) is 0.597. The number of hydrogen-bond acceptors (Lipinski definition) is 6. The number of benzene rings is 2. The van der Waals surface area contributed by atoms with Crippen LogP contribution in [0.2, 0.25) is 0 Å². The average Bonchev–Trinajstić information content (AvgIpc) is 3.39. The van der Waals surface area contributed by atoms with E-state index in [1.54, 1.807) is 0 Å². The molecule has 2 aromatic heterocycles. The molecule has 0 radical (unpaired) electrons. The fourth-order valence-corrected chi connectivity index (χ4v) is 5.13. The third-order valence-electron chi connectivity index (χ3n) is 5.95. The van der Waals surface area contributed by atoms with Crippen LogP contribution in [-0.2, 0) is 5.41 Å². The van der Waals surface area contributed by atoms with Gasteiger partial charge < -0.3 is 16.0 Å². The van der Waals surface area contributed by atoms with Gasteiger partial charge in [-0.1, -0.05) is 32.9 Å². The minimum Gasteiger partial charge on any atom is -0.336 e. The van der Waals surface area contributed by atoms with Gasteiger partial charge in [0.25, 0.3) is 5.91 Å². The fraction of sp³-hybridized carbons (Fsp3) is 0.320. The Kier molecular flexibility index (Phi) is 5.10. The van der Waals surface area contributed by atoms with Gasteiger partial charge in [-0.15, -0.1) is 11.3 Å². The Morgan fingerprint density at radius 2 is 2.06 bits per heavy atom. The van der Waals surface area contributed by atoms with E-state index in [9.17, 15) is 4.79 Å². The minimum atomic E-state index is 0.0544. The number of anilines is 2. The molecule has 0 bridgehead atoms. The third kappa shape index (κ3) is 3.94. The Balaban J connectivity index is 1.49. The number of nitrogens with zero attached hydrogens (tertiary/aromatic N) is 3. The largest absolute Gasteiger partial charge is 0.336 e. The molecule has 6 nitrogen and oxygen atoms in total. The number of amides is 1. The van der Waals surface area contributed by atoms with Crippen LogP contribution in [0.25, 0.3) is 21.0 Å². The van der Waals surface area contributed by atoms with Crippen molar-refractivity contribution in [3.05, 3.63) is 59.1 Å². The highest BCUT2D eigenvalue weighted by Gasteiger charge is 2.26. The van der Waals surface area contributed by atoms with Crippen molar-refractivity contribution >= 4 is 49.9 Å². The summed E-state index contributed by atoms with van der Waals surface area (Å²) in [5.41, 5.74) is 9.10. The van der Waals surface area contributed by atoms with E-state index >= 15 is 0 Å². The molecule has 3 heterocycles. The molecule has 0 aliphatic carbocycles. The zero-order valence-corrected chi connectivity index (χ0v) is 19.4. The van der Waals surface area contributed by atoms with Crippen LogP contribution < -0.4 is 11.1 Å². The summed E-state index contributed by atoms with van der Waals surface area (Å²) < 4.78 is 1.05. The number of fused-ring (bicyclic) bond motifs is 3. The molecule has 2 aromatic carbocycles. The number of carbonyl (C=O) groups excluding carboxylic acids is 1. The maximum atomic E-state index is 13.0. The summed E-state index contributed by atoms with van der Waals surface area (Å²) in [7, 11) is 0. The van der Waals surface area contributed by atoms with Gasteiger partial charge in [0.05, 0.1) is 10.4 Å². The molecule has 1 fully saturated rings. The van der Waals surface area contributed by atoms with Crippen molar-refractivity contribution < 1.29 is 4.79 Å². The van der Waals surface area contributed by atoms with Gasteiger partial charge >= 0.3 is 0 Å². The number of rotatable bonds is 3. The Labute approximate surface area is 191 Å². The van der Waals surface area contributed by atoms with Crippen molar-refractivity contribution in [1.82, 2.24) is 14.9 Å². The zero-order chi connectivity index (χ0) is 22.5. The second-order valence-corrected chi connectivity index (χ2v) is 10.6. The SMILES string of the molecule is CC(C)(C)c1cccc(Nc2ncc3ccc4sc(C(=O)N5CC[C@H](N)C5)cc4c3n2)c1. The Morgan fingerprint density at radius 3 is 2.81 bits per heavy atom. The third-order valence-corrected chi connectivity index (χ3v) is 7.04. The second-order valence-electron chi connectivity index (χ2n) is 9.48. The maximum Gasteiger partial charge on any atom is 0.264 e. The van der Waals surface area contributed by atoms with E-state index in [0.717, 1.165) is 44.5 Å². The van der Waals surface area contributed by atoms with Gasteiger partial charge in [-0.3, -0.25) is 4.79 Å². The van der Waals surface area contributed by atoms with E-state index in [1.165, 1.54) is 16.9 Å². The molecule has 164 valence electrons. The van der Waals surface area contributed by atoms with Crippen molar-refractivity contribution in [2.45, 2.75) is 38.6 Å². The first-order valence-electron chi connectivity index (χ1n) is 10.9. The molecule has 3 N–H and O–H groups in total. The van der Waals surface area contributed by atoms with Gasteiger partial charge in [-0.2, -0.15) is 0 Å². The topological polar surface area (TPSA) is 84.1 Å². The summed E-state index contributed by atoms with van der Waals surface area (Å²) >= 11 is 1.51. The molecule has 1 amide bonds. The van der Waals surface area contributed by atoms with E-state index < -0.39 is 0 Å². The summed E-state index contributed by atoms with van der Waals surface area (Å²) in [4.78, 5) is 24.9. The fourth-order valence-electron chi connectivity index (χ4n) is 4.09. The molecular weight excluding hydrogens is 418 g/mol. The first-order valence-corrected chi connectivity index (χ1v) is 11.7. The lowest BCUT2D eigenvalue weighted by molar-refractivity contribution is 0.0795. The predicted molar refractivity (Wildman–Crippen MR) is 132 cm³/mol. The predicted octanol–water partition coefficient (Wildman–Crippen LogP) is 5.06. The summed E-state index contributed by atoms with van der Waals surface area (Å²) in [6.07, 6.45) is 2.69. The lowest BCUT2D eigenvalue weighted by Crippen LogP contribution is -2.31. The Hall–Kier alpha value is -3.03. The summed E-state index contributed by atoms with van der Waals surface area (Å²) in [5, 5.41) is 5.27. The molecule has 0 unspecified atom stereocenters. The van der Waals surface area contributed by atoms with Gasteiger partial charge in [0.15, 0.2) is 0 Å². The van der Waals surface area contributed by atoms with E-state index in [2.05, 4.69) is 43.2 Å². The van der Waals surface area contributed by atoms with E-state index in [0.29, 0.717) is 12.5 Å². The lowest BCUT2D eigenvalue weighted by atomic mass is 9.87. The van der Waals surface area contributed by atoms with Crippen LogP contribution in [0.1, 0.15) is 42.4 Å². The standard InChI is InChI=1S/C25H27N5OS/c1-25(2,3)16-5-4-6-18(11-16)28-24-27-13-15-7-8-20-19(22(15)29-24)12-21(32-20)23(31)30-10-9-17(26)14-30/h4-8,11-13,17H,9-10,14,26H2,1-3H3,(H,27,28,29)/t17-/m0/s1. The molecule has 7 heteroatoms. The minimum absolute atomic E-state index is 0.0544. The number of aromatic nitrogens is 2. The first kappa shape index (κ1) is 20.8. The highest BCUT2D eigenvalue weighted by atomic mass is 32.1. The summed E-state index contributed by atoms with van der Waals surface area (Å²) in [6, 6.07) is 14.4. The number of carbonyl (C=O) groups is 1. The van der Waals surface area contributed by atoms with Crippen LogP contribution in [0.3, 0.4) is 0 Å². The van der Waals surface area contributed by atoms with Gasteiger partial charge in [0.1, 0.15) is 0 Å². The van der Waals surface area contributed by atoms with Crippen LogP contribution in [-0.4, -0.2) is 39.9 Å². The molecule has 1 aliphatic rings. The van der Waals surface area contributed by atoms with E-state index in [1.807, 2.05) is 41.4 Å². The second kappa shape index (κ2) is 7.83. The average molecular weight is 446 g/mol. The number of nitrogens with one attached hydrogen (secondary N) is 1. The van der Waals surface area contributed by atoms with Crippen molar-refractivity contribution in [3.8, 4) is 0 Å². The van der Waals surface area contributed by atoms with Gasteiger partial charge in [-0.25, -0.2) is 9.97 Å². The monoisotopic (exact) mass is 445 g/mol. The summed E-state index contributed by atoms with van der Waals surface area (Å²) in [6.45, 7) is 7.93. The number of likely N-dealkylation sites (tertiary alicyclic amines) is 1. The molecule has 1 atom stereocenters. The molecular formula is C25H27N5OS. The first-order chi connectivity index (χ1) is 15.3. The van der Waals surface area contributed by atoms with Crippen LogP contribution in [0, 0.1) is 0 Å². The number of thiophene rings is 1. The Bertz CT molecular complexity index is 1320. The highest BCUT2D eigenvalue weighted by molar-refractivity contribution is 7.21. The van der Waals surface area contributed by atoms with Crippen LogP contribution in [0.15, 0.2) is 48.7 Å². The van der Waals surface area contributed by atoms with Gasteiger partial charge in [0.2, 0.25) is 5.95 Å². The van der Waals surface area contributed by atoms with Gasteiger partial charge in [0, 0.05) is 46.5 Å². The van der Waals surface area contributed by atoms with Crippen LogP contribution in [0.4, 0.5) is 11.6 Å². The molecule has 1 saturated heterocycles. The molecule has 4 aromatic rings. The molecule has 0 spiro atoms. The van der Waals surface area contributed by atoms with E-state index in [4.69, 9.17) is 10.7 Å². The zero-order valence-electron chi connectivity index (χ0n) is 18.6. The quantitative estimate of drug-likeness (QED) is 0.461. The lowest BCUT2D eigenvalue weighted by Gasteiger charge is -2.19. The highest BCUT2D eigenvalue weighted by Crippen LogP contribution is 2.33. The maximum absolute atomic E-state index is 13.0. The van der Waals surface area contributed by atoms with Crippen LogP contribution in [0.5, 0.6) is 0 Å². The molecule has 32 heavy (non-hydrogen) atoms. The van der Waals surface area contributed by atoms with Crippen molar-refractivity contribution in [1.29, 1.82) is 0 Å². The smallest absolute Gasteiger partial charge is 0.264 e. The normalized spacial score (nSPS) is 16.8. The molecule has 0 saturated carbocycles. The van der Waals surface area contributed by atoms with Crippen LogP contribution >= 0.6 is 11.3 Å². The van der Waals surface area contributed by atoms with Crippen molar-refractivity contribution in [3.63, 3.8) is 0 Å². The Morgan fingerprint density at radius 1 is 1.22 bits per heavy atom. The van der Waals surface area contributed by atoms with Crippen molar-refractivity contribution in [2.24, 2.45) is 5.73 Å². The number of hydrogen-bond donors (Lipinski definition) is 2. The van der Waals surface area contributed by atoms with Crippen molar-refractivity contribution in [2.75, 3.05) is 18.4 Å². The molecule has 1 aliphatic heterocycles. The number of nitrogens with two attached hydrogens (primary N) is 1. The molecule has 5 rings (SSSR count).